The van der Waals surface area contributed by atoms with E-state index in [1.807, 2.05) is 0 Å². The third-order valence-corrected chi connectivity index (χ3v) is 4.94. The summed E-state index contributed by atoms with van der Waals surface area (Å²) in [4.78, 5) is 15.0. The van der Waals surface area contributed by atoms with Gasteiger partial charge in [-0.2, -0.15) is 0 Å². The van der Waals surface area contributed by atoms with E-state index in [0.717, 1.165) is 25.9 Å². The lowest BCUT2D eigenvalue weighted by atomic mass is 9.97. The van der Waals surface area contributed by atoms with Gasteiger partial charge in [0.25, 0.3) is 0 Å². The molecule has 1 N–H and O–H groups in total. The van der Waals surface area contributed by atoms with E-state index in [1.54, 1.807) is 0 Å². The normalized spacial score (nSPS) is 25.4. The molecule has 1 aliphatic carbocycles. The van der Waals surface area contributed by atoms with Crippen LogP contribution in [-0.2, 0) is 4.79 Å². The van der Waals surface area contributed by atoms with Crippen LogP contribution < -0.4 is 5.32 Å². The summed E-state index contributed by atoms with van der Waals surface area (Å²) in [6, 6.07) is 0.843. The van der Waals surface area contributed by atoms with Crippen LogP contribution in [0.5, 0.6) is 0 Å². The van der Waals surface area contributed by atoms with Gasteiger partial charge in [0.2, 0.25) is 5.91 Å². The second-order valence-corrected chi connectivity index (χ2v) is 6.92. The van der Waals surface area contributed by atoms with Crippen molar-refractivity contribution >= 4 is 5.91 Å². The first-order valence-electron chi connectivity index (χ1n) is 8.72. The van der Waals surface area contributed by atoms with Crippen molar-refractivity contribution < 1.29 is 4.79 Å². The van der Waals surface area contributed by atoms with Gasteiger partial charge in [0, 0.05) is 24.5 Å². The maximum absolute atomic E-state index is 12.9. The molecule has 1 atom stereocenters. The summed E-state index contributed by atoms with van der Waals surface area (Å²) < 4.78 is 0. The van der Waals surface area contributed by atoms with Gasteiger partial charge in [-0.15, -0.1) is 0 Å². The van der Waals surface area contributed by atoms with Gasteiger partial charge in [0.1, 0.15) is 0 Å². The fraction of sp³-hybridized carbons (Fsp3) is 0.941. The first-order valence-corrected chi connectivity index (χ1v) is 8.72. The van der Waals surface area contributed by atoms with Gasteiger partial charge in [-0.3, -0.25) is 4.79 Å². The maximum Gasteiger partial charge on any atom is 0.225 e. The second kappa shape index (κ2) is 8.02. The lowest BCUT2D eigenvalue weighted by molar-refractivity contribution is -0.138. The van der Waals surface area contributed by atoms with E-state index in [4.69, 9.17) is 0 Å². The predicted octanol–water partition coefficient (Wildman–Crippen LogP) is 3.34. The number of hydrogen-bond acceptors (Lipinski definition) is 2. The number of hydrogen-bond donors (Lipinski definition) is 1. The average Bonchev–Trinajstić information content (AvgIpc) is 2.74. The van der Waals surface area contributed by atoms with Crippen LogP contribution >= 0.6 is 0 Å². The van der Waals surface area contributed by atoms with Crippen LogP contribution in [0.3, 0.4) is 0 Å². The number of rotatable bonds is 4. The smallest absolute Gasteiger partial charge is 0.225 e. The fourth-order valence-electron chi connectivity index (χ4n) is 3.63. The standard InChI is InChI=1S/C17H32N2O/c1-14(2)19(13-16-11-7-8-12-18-16)17(20)15-9-5-3-4-6-10-15/h14-16,18H,3-13H2,1-2H3. The van der Waals surface area contributed by atoms with E-state index in [-0.39, 0.29) is 0 Å². The van der Waals surface area contributed by atoms with Crippen molar-refractivity contribution in [3.05, 3.63) is 0 Å². The Labute approximate surface area is 124 Å². The Hall–Kier alpha value is -0.570. The zero-order valence-corrected chi connectivity index (χ0v) is 13.4. The second-order valence-electron chi connectivity index (χ2n) is 6.92. The van der Waals surface area contributed by atoms with Gasteiger partial charge in [0.15, 0.2) is 0 Å². The molecule has 2 rings (SSSR count). The Morgan fingerprint density at radius 2 is 1.70 bits per heavy atom. The zero-order chi connectivity index (χ0) is 14.4. The van der Waals surface area contributed by atoms with E-state index in [9.17, 15) is 4.79 Å². The highest BCUT2D eigenvalue weighted by Gasteiger charge is 2.28. The number of amides is 1. The molecule has 3 heteroatoms. The molecule has 2 fully saturated rings. The highest BCUT2D eigenvalue weighted by atomic mass is 16.2. The number of piperidine rings is 1. The molecule has 0 aromatic rings. The molecule has 20 heavy (non-hydrogen) atoms. The first-order chi connectivity index (χ1) is 9.68. The van der Waals surface area contributed by atoms with Gasteiger partial charge in [-0.05, 0) is 46.1 Å². The Morgan fingerprint density at radius 3 is 2.25 bits per heavy atom. The summed E-state index contributed by atoms with van der Waals surface area (Å²) >= 11 is 0. The average molecular weight is 280 g/mol. The van der Waals surface area contributed by atoms with E-state index < -0.39 is 0 Å². The minimum atomic E-state index is 0.295. The predicted molar refractivity (Wildman–Crippen MR) is 83.7 cm³/mol. The molecular weight excluding hydrogens is 248 g/mol. The van der Waals surface area contributed by atoms with Crippen LogP contribution in [0.15, 0.2) is 0 Å². The van der Waals surface area contributed by atoms with Crippen LogP contribution in [0.25, 0.3) is 0 Å². The fourth-order valence-corrected chi connectivity index (χ4v) is 3.63. The topological polar surface area (TPSA) is 32.3 Å². The van der Waals surface area contributed by atoms with Crippen molar-refractivity contribution in [3.8, 4) is 0 Å². The maximum atomic E-state index is 12.9. The molecule has 0 radical (unpaired) electrons. The third kappa shape index (κ3) is 4.47. The summed E-state index contributed by atoms with van der Waals surface area (Å²) in [5.74, 6) is 0.720. The molecule has 1 heterocycles. The lowest BCUT2D eigenvalue weighted by Crippen LogP contribution is -2.49. The molecule has 116 valence electrons. The molecule has 0 aromatic heterocycles. The molecule has 0 aromatic carbocycles. The molecule has 1 unspecified atom stereocenters. The van der Waals surface area contributed by atoms with Gasteiger partial charge in [0.05, 0.1) is 0 Å². The van der Waals surface area contributed by atoms with Gasteiger partial charge in [-0.25, -0.2) is 0 Å². The van der Waals surface area contributed by atoms with Gasteiger partial charge in [-0.1, -0.05) is 32.1 Å². The molecule has 0 spiro atoms. The Balaban J connectivity index is 1.93. The quantitative estimate of drug-likeness (QED) is 0.801. The highest BCUT2D eigenvalue weighted by Crippen LogP contribution is 2.25. The van der Waals surface area contributed by atoms with Crippen LogP contribution in [0.2, 0.25) is 0 Å². The minimum Gasteiger partial charge on any atom is -0.338 e. The van der Waals surface area contributed by atoms with Crippen molar-refractivity contribution in [1.29, 1.82) is 0 Å². The molecule has 1 aliphatic heterocycles. The SMILES string of the molecule is CC(C)N(CC1CCCCN1)C(=O)C1CCCCCC1. The van der Waals surface area contributed by atoms with Crippen LogP contribution in [0.1, 0.15) is 71.6 Å². The summed E-state index contributed by atoms with van der Waals surface area (Å²) in [6.45, 7) is 6.36. The summed E-state index contributed by atoms with van der Waals surface area (Å²) in [6.07, 6.45) is 11.1. The molecular formula is C17H32N2O. The monoisotopic (exact) mass is 280 g/mol. The van der Waals surface area contributed by atoms with Crippen molar-refractivity contribution in [3.63, 3.8) is 0 Å². The number of nitrogens with zero attached hydrogens (tertiary/aromatic N) is 1. The Bertz CT molecular complexity index is 289. The van der Waals surface area contributed by atoms with Crippen LogP contribution in [-0.4, -0.2) is 36.0 Å². The number of carbonyl (C=O) groups is 1. The van der Waals surface area contributed by atoms with Crippen molar-refractivity contribution in [1.82, 2.24) is 10.2 Å². The van der Waals surface area contributed by atoms with E-state index in [0.29, 0.717) is 23.9 Å². The molecule has 1 saturated heterocycles. The molecule has 3 nitrogen and oxygen atoms in total. The minimum absolute atomic E-state index is 0.295. The molecule has 1 saturated carbocycles. The van der Waals surface area contributed by atoms with E-state index in [1.165, 1.54) is 44.9 Å². The Kier molecular flexibility index (Phi) is 6.34. The van der Waals surface area contributed by atoms with Crippen molar-refractivity contribution in [2.45, 2.75) is 83.7 Å². The van der Waals surface area contributed by atoms with Gasteiger partial charge >= 0.3 is 0 Å². The summed E-state index contributed by atoms with van der Waals surface area (Å²) in [5.41, 5.74) is 0. The van der Waals surface area contributed by atoms with E-state index >= 15 is 0 Å². The molecule has 0 bridgehead atoms. The van der Waals surface area contributed by atoms with Crippen LogP contribution in [0.4, 0.5) is 0 Å². The van der Waals surface area contributed by atoms with Gasteiger partial charge < -0.3 is 10.2 Å². The first kappa shape index (κ1) is 15.8. The van der Waals surface area contributed by atoms with Crippen molar-refractivity contribution in [2.75, 3.05) is 13.1 Å². The largest absolute Gasteiger partial charge is 0.338 e. The lowest BCUT2D eigenvalue weighted by Gasteiger charge is -2.35. The van der Waals surface area contributed by atoms with Crippen LogP contribution in [0, 0.1) is 5.92 Å². The van der Waals surface area contributed by atoms with E-state index in [2.05, 4.69) is 24.1 Å². The summed E-state index contributed by atoms with van der Waals surface area (Å²) in [7, 11) is 0. The van der Waals surface area contributed by atoms with Crippen molar-refractivity contribution in [2.24, 2.45) is 5.92 Å². The molecule has 2 aliphatic rings. The third-order valence-electron chi connectivity index (χ3n) is 4.94. The highest BCUT2D eigenvalue weighted by molar-refractivity contribution is 5.79. The number of carbonyl (C=O) groups excluding carboxylic acids is 1. The summed E-state index contributed by atoms with van der Waals surface area (Å²) in [5, 5.41) is 3.58. The molecule has 1 amide bonds. The zero-order valence-electron chi connectivity index (χ0n) is 13.4. The Morgan fingerprint density at radius 1 is 1.05 bits per heavy atom. The number of nitrogens with one attached hydrogen (secondary N) is 1.